The van der Waals surface area contributed by atoms with E-state index in [0.717, 1.165) is 11.3 Å². The second-order valence-electron chi connectivity index (χ2n) is 6.54. The summed E-state index contributed by atoms with van der Waals surface area (Å²) in [5.74, 6) is 0. The molecule has 28 heavy (non-hydrogen) atoms. The zero-order valence-corrected chi connectivity index (χ0v) is 16.2. The van der Waals surface area contributed by atoms with E-state index in [1.165, 1.54) is 12.1 Å². The van der Waals surface area contributed by atoms with Crippen LogP contribution < -0.4 is 4.90 Å². The summed E-state index contributed by atoms with van der Waals surface area (Å²) in [6.45, 7) is 5.36. The maximum atomic E-state index is 10.8. The molecule has 0 amide bonds. The summed E-state index contributed by atoms with van der Waals surface area (Å²) in [5.41, 5.74) is 3.96. The molecule has 8 nitrogen and oxygen atoms in total. The fraction of sp³-hybridized carbons (Fsp3) is 0.400. The summed E-state index contributed by atoms with van der Waals surface area (Å²) >= 11 is 0. The molecule has 0 aliphatic rings. The molecule has 2 aromatic rings. The Morgan fingerprint density at radius 1 is 0.929 bits per heavy atom. The molecule has 0 aliphatic heterocycles. The molecule has 0 aliphatic carbocycles. The van der Waals surface area contributed by atoms with Crippen molar-refractivity contribution >= 4 is 22.7 Å². The van der Waals surface area contributed by atoms with Crippen molar-refractivity contribution in [1.29, 1.82) is 0 Å². The summed E-state index contributed by atoms with van der Waals surface area (Å²) in [4.78, 5) is 12.5. The Balaban J connectivity index is 2.19. The minimum atomic E-state index is -0.434. The van der Waals surface area contributed by atoms with E-state index >= 15 is 0 Å². The largest absolute Gasteiger partial charge is 0.396 e. The number of nitrogens with zero attached hydrogens (tertiary/aromatic N) is 4. The lowest BCUT2D eigenvalue weighted by Crippen LogP contribution is -2.27. The molecule has 0 bridgehead atoms. The Morgan fingerprint density at radius 3 is 1.93 bits per heavy atom. The molecule has 150 valence electrons. The van der Waals surface area contributed by atoms with Gasteiger partial charge in [-0.3, -0.25) is 10.1 Å². The van der Waals surface area contributed by atoms with E-state index in [1.807, 2.05) is 25.1 Å². The Hall–Kier alpha value is -2.84. The minimum Gasteiger partial charge on any atom is -0.396 e. The van der Waals surface area contributed by atoms with E-state index in [9.17, 15) is 10.1 Å². The summed E-state index contributed by atoms with van der Waals surface area (Å²) in [6.07, 6.45) is 1.32. The molecule has 0 radical (unpaired) electrons. The highest BCUT2D eigenvalue weighted by molar-refractivity contribution is 5.58. The van der Waals surface area contributed by atoms with Gasteiger partial charge in [-0.25, -0.2) is 0 Å². The number of anilines is 1. The van der Waals surface area contributed by atoms with E-state index in [-0.39, 0.29) is 18.9 Å². The van der Waals surface area contributed by atoms with E-state index in [4.69, 9.17) is 10.2 Å². The predicted octanol–water partition coefficient (Wildman–Crippen LogP) is 4.20. The van der Waals surface area contributed by atoms with Crippen molar-refractivity contribution in [2.75, 3.05) is 31.2 Å². The fourth-order valence-electron chi connectivity index (χ4n) is 2.81. The van der Waals surface area contributed by atoms with Gasteiger partial charge < -0.3 is 15.1 Å². The van der Waals surface area contributed by atoms with E-state index < -0.39 is 4.92 Å². The fourth-order valence-corrected chi connectivity index (χ4v) is 2.81. The van der Waals surface area contributed by atoms with Gasteiger partial charge in [-0.1, -0.05) is 0 Å². The van der Waals surface area contributed by atoms with Crippen molar-refractivity contribution in [3.63, 3.8) is 0 Å². The molecular weight excluding hydrogens is 360 g/mol. The van der Waals surface area contributed by atoms with E-state index in [0.29, 0.717) is 42.9 Å². The smallest absolute Gasteiger partial charge is 0.269 e. The maximum absolute atomic E-state index is 10.8. The van der Waals surface area contributed by atoms with Crippen LogP contribution >= 0.6 is 0 Å². The third kappa shape index (κ3) is 5.83. The monoisotopic (exact) mass is 386 g/mol. The lowest BCUT2D eigenvalue weighted by Gasteiger charge is -2.25. The van der Waals surface area contributed by atoms with Gasteiger partial charge in [0.1, 0.15) is 0 Å². The third-order valence-electron chi connectivity index (χ3n) is 4.37. The van der Waals surface area contributed by atoms with Gasteiger partial charge in [0, 0.05) is 44.1 Å². The van der Waals surface area contributed by atoms with Gasteiger partial charge in [0.05, 0.1) is 16.3 Å². The van der Waals surface area contributed by atoms with Gasteiger partial charge in [-0.2, -0.15) is 10.2 Å². The van der Waals surface area contributed by atoms with E-state index in [1.54, 1.807) is 13.0 Å². The summed E-state index contributed by atoms with van der Waals surface area (Å²) in [7, 11) is 0. The number of azo groups is 1. The number of nitro groups is 1. The first kappa shape index (κ1) is 21.5. The topological polar surface area (TPSA) is 112 Å². The molecule has 2 N–H and O–H groups in total. The first-order valence-corrected chi connectivity index (χ1v) is 9.20. The zero-order chi connectivity index (χ0) is 20.5. The number of aliphatic hydroxyl groups excluding tert-OH is 2. The van der Waals surface area contributed by atoms with Crippen LogP contribution in [0.25, 0.3) is 0 Å². The number of aliphatic hydroxyl groups is 2. The van der Waals surface area contributed by atoms with Gasteiger partial charge in [-0.15, -0.1) is 0 Å². The number of nitro benzene ring substituents is 1. The van der Waals surface area contributed by atoms with Crippen LogP contribution in [0.5, 0.6) is 0 Å². The van der Waals surface area contributed by atoms with Crippen LogP contribution in [0.2, 0.25) is 0 Å². The molecule has 0 heterocycles. The number of aryl methyl sites for hydroxylation is 2. The Morgan fingerprint density at radius 2 is 1.46 bits per heavy atom. The Bertz CT molecular complexity index is 831. The van der Waals surface area contributed by atoms with Gasteiger partial charge in [0.15, 0.2) is 0 Å². The van der Waals surface area contributed by atoms with E-state index in [2.05, 4.69) is 15.1 Å². The predicted molar refractivity (Wildman–Crippen MR) is 109 cm³/mol. The molecule has 0 aromatic heterocycles. The zero-order valence-electron chi connectivity index (χ0n) is 16.2. The molecule has 0 fully saturated rings. The number of rotatable bonds is 10. The third-order valence-corrected chi connectivity index (χ3v) is 4.37. The first-order chi connectivity index (χ1) is 13.5. The second kappa shape index (κ2) is 10.5. The second-order valence-corrected chi connectivity index (χ2v) is 6.54. The minimum absolute atomic E-state index is 0.0304. The standard InChI is InChI=1S/C20H26N4O4/c1-15-13-17(23(9-3-11-25)10-4-12-26)5-7-19(15)21-22-20-8-6-18(24(27)28)14-16(20)2/h5-8,13-14,25-26H,3-4,9-12H2,1-2H3. The van der Waals surface area contributed by atoms with Gasteiger partial charge in [0.25, 0.3) is 5.69 Å². The summed E-state index contributed by atoms with van der Waals surface area (Å²) in [6, 6.07) is 10.3. The van der Waals surface area contributed by atoms with Crippen LogP contribution in [0.1, 0.15) is 24.0 Å². The summed E-state index contributed by atoms with van der Waals surface area (Å²) < 4.78 is 0. The molecular formula is C20H26N4O4. The molecule has 2 rings (SSSR count). The van der Waals surface area contributed by atoms with Crippen molar-refractivity contribution < 1.29 is 15.1 Å². The lowest BCUT2D eigenvalue weighted by atomic mass is 10.1. The molecule has 0 atom stereocenters. The molecule has 2 aromatic carbocycles. The molecule has 0 spiro atoms. The van der Waals surface area contributed by atoms with Gasteiger partial charge >= 0.3 is 0 Å². The number of hydrogen-bond acceptors (Lipinski definition) is 7. The number of benzene rings is 2. The quantitative estimate of drug-likeness (QED) is 0.361. The highest BCUT2D eigenvalue weighted by atomic mass is 16.6. The van der Waals surface area contributed by atoms with Crippen LogP contribution in [-0.2, 0) is 0 Å². The van der Waals surface area contributed by atoms with Crippen LogP contribution in [0, 0.1) is 24.0 Å². The van der Waals surface area contributed by atoms with Gasteiger partial charge in [-0.05, 0) is 62.1 Å². The Kier molecular flexibility index (Phi) is 8.03. The molecule has 8 heteroatoms. The maximum Gasteiger partial charge on any atom is 0.269 e. The van der Waals surface area contributed by atoms with Crippen molar-refractivity contribution in [2.45, 2.75) is 26.7 Å². The molecule has 0 saturated heterocycles. The van der Waals surface area contributed by atoms with Crippen LogP contribution in [0.15, 0.2) is 46.6 Å². The highest BCUT2D eigenvalue weighted by Gasteiger charge is 2.10. The van der Waals surface area contributed by atoms with Crippen molar-refractivity contribution in [3.8, 4) is 0 Å². The number of non-ortho nitro benzene ring substituents is 1. The van der Waals surface area contributed by atoms with Crippen LogP contribution in [0.3, 0.4) is 0 Å². The number of hydrogen-bond donors (Lipinski definition) is 2. The lowest BCUT2D eigenvalue weighted by molar-refractivity contribution is -0.384. The Labute approximate surface area is 164 Å². The van der Waals surface area contributed by atoms with Crippen LogP contribution in [0.4, 0.5) is 22.7 Å². The molecule has 0 unspecified atom stereocenters. The normalized spacial score (nSPS) is 11.1. The van der Waals surface area contributed by atoms with Crippen molar-refractivity contribution in [2.24, 2.45) is 10.2 Å². The van der Waals surface area contributed by atoms with Crippen molar-refractivity contribution in [3.05, 3.63) is 57.6 Å². The van der Waals surface area contributed by atoms with Crippen LogP contribution in [-0.4, -0.2) is 41.4 Å². The highest BCUT2D eigenvalue weighted by Crippen LogP contribution is 2.29. The SMILES string of the molecule is Cc1cc(N(CCCO)CCCO)ccc1N=Nc1ccc([N+](=O)[O-])cc1C. The average Bonchev–Trinajstić information content (AvgIpc) is 2.68. The first-order valence-electron chi connectivity index (χ1n) is 9.20. The van der Waals surface area contributed by atoms with Gasteiger partial charge in [0.2, 0.25) is 0 Å². The molecule has 0 saturated carbocycles. The average molecular weight is 386 g/mol. The summed E-state index contributed by atoms with van der Waals surface area (Å²) in [5, 5.41) is 37.5. The van der Waals surface area contributed by atoms with Crippen molar-refractivity contribution in [1.82, 2.24) is 0 Å².